The number of thiocarbonyl (C=S) groups is 5. The quantitative estimate of drug-likeness (QED) is 0.00992. The minimum atomic E-state index is -0.942. The maximum Gasteiger partial charge on any atom is 1.00 e. The fourth-order valence-electron chi connectivity index (χ4n) is 3.83. The summed E-state index contributed by atoms with van der Waals surface area (Å²) in [5.74, 6) is -1.88. The smallest absolute Gasteiger partial charge is 1.00 e. The third-order valence-corrected chi connectivity index (χ3v) is 8.44. The average Bonchev–Trinajstić information content (AvgIpc) is 4.16. The Kier molecular flexibility index (Phi) is 58.0. The zero-order valence-corrected chi connectivity index (χ0v) is 45.3. The molecular weight excluding hydrogens is 1030 g/mol. The second kappa shape index (κ2) is 52.1. The van der Waals surface area contributed by atoms with E-state index in [1.165, 1.54) is 19.8 Å². The summed E-state index contributed by atoms with van der Waals surface area (Å²) in [5.41, 5.74) is 10.4. The van der Waals surface area contributed by atoms with Crippen LogP contribution in [0.25, 0.3) is 0 Å². The molecule has 0 saturated heterocycles. The molecule has 2 atom stereocenters. The Bertz CT molecular complexity index is 1800. The van der Waals surface area contributed by atoms with Crippen molar-refractivity contribution >= 4 is 105 Å². The van der Waals surface area contributed by atoms with Gasteiger partial charge in [-0.25, -0.2) is 24.7 Å². The van der Waals surface area contributed by atoms with Crippen molar-refractivity contribution in [1.29, 1.82) is 0 Å². The Hall–Kier alpha value is -3.70. The van der Waals surface area contributed by atoms with Crippen molar-refractivity contribution in [1.82, 2.24) is 48.8 Å². The van der Waals surface area contributed by atoms with Crippen molar-refractivity contribution in [3.8, 4) is 0 Å². The van der Waals surface area contributed by atoms with E-state index in [0.717, 1.165) is 25.7 Å². The Morgan fingerprint density at radius 2 is 1.17 bits per heavy atom. The molecule has 0 aliphatic rings. The average molecular weight is 1090 g/mol. The third kappa shape index (κ3) is 41.8. The maximum absolute atomic E-state index is 11.0. The van der Waals surface area contributed by atoms with Crippen LogP contribution < -0.4 is 86.5 Å². The Morgan fingerprint density at radius 3 is 1.51 bits per heavy atom. The van der Waals surface area contributed by atoms with Gasteiger partial charge in [0.1, 0.15) is 44.2 Å². The molecule has 25 nitrogen and oxygen atoms in total. The summed E-state index contributed by atoms with van der Waals surface area (Å²) in [6.07, 6.45) is 24.0. The number of carbonyl (C=O) groups excluding carboxylic acids is 1. The molecule has 4 rings (SSSR count). The van der Waals surface area contributed by atoms with Gasteiger partial charge in [-0.3, -0.25) is 27.9 Å². The van der Waals surface area contributed by atoms with Gasteiger partial charge in [-0.1, -0.05) is 21.3 Å². The number of hydrogen-bond donors (Lipinski definition) is 8. The minimum Gasteiger partial charge on any atom is -1.00 e. The summed E-state index contributed by atoms with van der Waals surface area (Å²) in [5, 5.41) is 47.2. The number of rotatable bonds is 16. The van der Waals surface area contributed by atoms with E-state index in [1.54, 1.807) is 87.4 Å². The number of nitrogens with zero attached hydrogens (tertiary/aromatic N) is 8. The van der Waals surface area contributed by atoms with Gasteiger partial charge in [0.2, 0.25) is 6.79 Å². The minimum absolute atomic E-state index is 0. The van der Waals surface area contributed by atoms with E-state index in [1.807, 2.05) is 0 Å². The fourth-order valence-corrected chi connectivity index (χ4v) is 4.72. The molecule has 0 saturated carbocycles. The van der Waals surface area contributed by atoms with Gasteiger partial charge in [-0.15, -0.1) is 0 Å². The maximum atomic E-state index is 11.0. The molecule has 69 heavy (non-hydrogen) atoms. The molecule has 0 amide bonds. The van der Waals surface area contributed by atoms with Gasteiger partial charge in [-0.2, -0.15) is 0 Å². The zero-order valence-electron chi connectivity index (χ0n) is 38.2. The van der Waals surface area contributed by atoms with Gasteiger partial charge in [0.25, 0.3) is 27.2 Å². The van der Waals surface area contributed by atoms with Gasteiger partial charge in [0.15, 0.2) is 5.11 Å². The third-order valence-electron chi connectivity index (χ3n) is 6.81. The number of nitrogens with one attached hydrogen (secondary N) is 2. The molecule has 10 N–H and O–H groups in total. The summed E-state index contributed by atoms with van der Waals surface area (Å²) in [6, 6.07) is -1.44. The molecular formula is C37H62N12Na2O13S5. The van der Waals surface area contributed by atoms with E-state index in [-0.39, 0.29) is 104 Å². The van der Waals surface area contributed by atoms with Crippen LogP contribution in [0.3, 0.4) is 0 Å². The van der Waals surface area contributed by atoms with Crippen molar-refractivity contribution < 1.29 is 124 Å². The van der Waals surface area contributed by atoms with Crippen LogP contribution in [-0.4, -0.2) is 155 Å². The second-order valence-corrected chi connectivity index (χ2v) is 13.1. The van der Waals surface area contributed by atoms with E-state index < -0.39 is 30.8 Å². The number of hydrogen-bond acceptors (Lipinski definition) is 22. The van der Waals surface area contributed by atoms with Gasteiger partial charge in [0, 0.05) is 56.1 Å². The summed E-state index contributed by atoms with van der Waals surface area (Å²) in [7, 11) is 1.49. The number of methoxy groups -OCH3 is 1. The van der Waals surface area contributed by atoms with E-state index in [2.05, 4.69) is 35.5 Å². The number of aliphatic carboxylic acids is 2. The summed E-state index contributed by atoms with van der Waals surface area (Å²) in [6.45, 7) is 2.46. The predicted octanol–water partition coefficient (Wildman–Crippen LogP) is -4.88. The normalized spacial score (nSPS) is 9.72. The Balaban J connectivity index is -0.000000144. The zero-order chi connectivity index (χ0) is 49.3. The van der Waals surface area contributed by atoms with Crippen LogP contribution in [0.1, 0.15) is 61.7 Å². The van der Waals surface area contributed by atoms with Crippen molar-refractivity contribution in [2.24, 2.45) is 11.5 Å². The molecule has 0 aliphatic carbocycles. The number of carboxylic acid groups (broad SMARTS) is 2. The number of aliphatic hydroxyl groups excluding tert-OH is 1. The standard InChI is InChI=1S/C11H20N2O4S2.C9H8N4O2S2.C7H6N4S.C6H14N2O2.CH2O3.CH4O2.2CH4.2Na.H/c1-3-17-11(19)13-8(9(14)15)6-4-5-7-12-10(18)16-2;16-8(12-3-1-10-5-12)14-7-15-9(17)13-4-2-11-6-13;12-7(10-3-1-8-5-10)11-4-2-9-6-11;7-4-2-1-3-5(8)6(9)10;2-1-4-3;2-1-3;;;;;/h8H,3-7H2,1-2H3,(H,12,18)(H,13,19)(H,14,15);1-6H,7H2;1-6H;5H,1-4,7-8H2,(H,9,10);1,3H;2-3H,1H2;2*1H4;;;/q;;;;;;;;2*+1;-1/p-1. The number of imidazole rings is 4. The first-order chi connectivity index (χ1) is 31.2. The summed E-state index contributed by atoms with van der Waals surface area (Å²) in [4.78, 5) is 47.9. The first kappa shape index (κ1) is 76.8. The van der Waals surface area contributed by atoms with Crippen LogP contribution in [0.2, 0.25) is 0 Å². The van der Waals surface area contributed by atoms with E-state index in [4.69, 9.17) is 122 Å². The van der Waals surface area contributed by atoms with Crippen molar-refractivity contribution in [2.75, 3.05) is 40.4 Å². The van der Waals surface area contributed by atoms with Gasteiger partial charge in [-0.05, 0) is 107 Å². The first-order valence-corrected chi connectivity index (χ1v) is 20.6. The molecule has 4 aromatic rings. The van der Waals surface area contributed by atoms with E-state index >= 15 is 0 Å². The van der Waals surface area contributed by atoms with E-state index in [0.29, 0.717) is 42.8 Å². The Morgan fingerprint density at radius 1 is 0.754 bits per heavy atom. The number of ether oxygens (including phenoxy) is 4. The summed E-state index contributed by atoms with van der Waals surface area (Å²) < 4.78 is 26.7. The number of aromatic nitrogens is 8. The van der Waals surface area contributed by atoms with Crippen molar-refractivity contribution in [2.45, 2.75) is 72.4 Å². The number of carbonyl (C=O) groups is 3. The van der Waals surface area contributed by atoms with Crippen LogP contribution in [0.5, 0.6) is 0 Å². The number of nitrogens with two attached hydrogens (primary N) is 2. The molecule has 0 bridgehead atoms. The van der Waals surface area contributed by atoms with E-state index in [9.17, 15) is 9.59 Å². The fraction of sp³-hybridized carbons (Fsp3) is 0.459. The number of unbranched alkanes of at least 4 members (excludes halogenated alkanes) is 2. The van der Waals surface area contributed by atoms with Crippen molar-refractivity contribution in [3.05, 3.63) is 74.9 Å². The molecule has 0 spiro atoms. The first-order valence-electron chi connectivity index (χ1n) is 18.6. The van der Waals surface area contributed by atoms with Crippen LogP contribution in [0, 0.1) is 0 Å². The monoisotopic (exact) mass is 1090 g/mol. The molecule has 0 aliphatic heterocycles. The molecule has 32 heteroatoms. The van der Waals surface area contributed by atoms with Gasteiger partial charge in [0.05, 0.1) is 13.7 Å². The topological polar surface area (TPSA) is 349 Å². The molecule has 0 radical (unpaired) electrons. The van der Waals surface area contributed by atoms with Crippen LogP contribution in [0.15, 0.2) is 74.9 Å². The second-order valence-electron chi connectivity index (χ2n) is 11.3. The van der Waals surface area contributed by atoms with Crippen molar-refractivity contribution in [3.63, 3.8) is 0 Å². The Labute approximate surface area is 473 Å². The van der Waals surface area contributed by atoms with Gasteiger partial charge < -0.3 is 73.0 Å². The predicted molar refractivity (Wildman–Crippen MR) is 265 cm³/mol. The van der Waals surface area contributed by atoms with Gasteiger partial charge >= 0.3 is 71.1 Å². The molecule has 0 fully saturated rings. The van der Waals surface area contributed by atoms with Crippen LogP contribution >= 0.6 is 61.1 Å². The molecule has 0 aromatic carbocycles. The molecule has 2 unspecified atom stereocenters. The number of aliphatic hydroxyl groups is 2. The largest absolute Gasteiger partial charge is 1.00 e. The van der Waals surface area contributed by atoms with Crippen LogP contribution in [-0.2, 0) is 38.2 Å². The molecule has 380 valence electrons. The number of carboxylic acids is 2. The molecule has 4 aromatic heterocycles. The SMILES string of the molecule is C.C.CCOC(=S)NC(CCCCNC(=S)OC)C(=O)O.NCCCCC(N)C(=O)O.O=CO[O-].OCO.S=C(OCOC(=S)n1ccnc1)n1ccnc1.S=C(n1ccnc1)n1ccnc1.[H-].[Na+].[Na+]. The molecule has 4 heterocycles. The summed E-state index contributed by atoms with van der Waals surface area (Å²) >= 11 is 24.8. The van der Waals surface area contributed by atoms with Crippen LogP contribution in [0.4, 0.5) is 0 Å².